The number of carbonyl (C=O) groups excluding carboxylic acids is 1. The van der Waals surface area contributed by atoms with Crippen LogP contribution in [0, 0.1) is 11.6 Å². The number of carboxylic acids is 1. The lowest BCUT2D eigenvalue weighted by molar-refractivity contribution is -0.141. The number of hydrogen-bond donors (Lipinski definition) is 3. The minimum Gasteiger partial charge on any atom is -0.480 e. The van der Waals surface area contributed by atoms with E-state index < -0.39 is 29.6 Å². The van der Waals surface area contributed by atoms with Gasteiger partial charge in [-0.25, -0.2) is 13.6 Å². The number of carboxylic acid groups (broad SMARTS) is 1. The van der Waals surface area contributed by atoms with Gasteiger partial charge in [-0.15, -0.1) is 0 Å². The van der Waals surface area contributed by atoms with E-state index in [1.807, 2.05) is 0 Å². The zero-order valence-electron chi connectivity index (χ0n) is 9.54. The summed E-state index contributed by atoms with van der Waals surface area (Å²) in [6.45, 7) is 1.05. The Bertz CT molecular complexity index is 466. The van der Waals surface area contributed by atoms with Crippen molar-refractivity contribution in [3.8, 4) is 0 Å². The summed E-state index contributed by atoms with van der Waals surface area (Å²) >= 11 is 0. The number of halogens is 2. The molecule has 1 amide bonds. The van der Waals surface area contributed by atoms with Gasteiger partial charge in [0.15, 0.2) is 11.6 Å². The second-order valence-electron chi connectivity index (χ2n) is 3.60. The lowest BCUT2D eigenvalue weighted by Crippen LogP contribution is -2.44. The van der Waals surface area contributed by atoms with Crippen LogP contribution in [0.4, 0.5) is 14.5 Å². The van der Waals surface area contributed by atoms with Crippen molar-refractivity contribution < 1.29 is 23.5 Å². The summed E-state index contributed by atoms with van der Waals surface area (Å²) in [6, 6.07) is 1.95. The molecule has 3 N–H and O–H groups in total. The van der Waals surface area contributed by atoms with Gasteiger partial charge in [-0.2, -0.15) is 0 Å². The van der Waals surface area contributed by atoms with Crippen molar-refractivity contribution in [1.82, 2.24) is 5.32 Å². The van der Waals surface area contributed by atoms with Crippen LogP contribution in [-0.4, -0.2) is 29.6 Å². The number of carbonyl (C=O) groups is 2. The average Bonchev–Trinajstić information content (AvgIpc) is 2.28. The number of anilines is 1. The van der Waals surface area contributed by atoms with E-state index >= 15 is 0 Å². The molecule has 0 spiro atoms. The zero-order valence-corrected chi connectivity index (χ0v) is 9.54. The minimum atomic E-state index is -1.22. The first-order valence-electron chi connectivity index (χ1n) is 5.09. The smallest absolute Gasteiger partial charge is 0.328 e. The van der Waals surface area contributed by atoms with Crippen molar-refractivity contribution in [3.05, 3.63) is 29.8 Å². The van der Waals surface area contributed by atoms with Crippen molar-refractivity contribution in [2.75, 3.05) is 11.9 Å². The van der Waals surface area contributed by atoms with Crippen LogP contribution in [0.1, 0.15) is 6.92 Å². The van der Waals surface area contributed by atoms with E-state index in [-0.39, 0.29) is 12.2 Å². The number of benzene rings is 1. The standard InChI is InChI=1S/C11H12F2N2O3/c1-6(16)15-10(11(17)18)5-14-7-2-3-8(12)9(13)4-7/h2-4,10,14H,5H2,1H3,(H,15,16)(H,17,18). The van der Waals surface area contributed by atoms with Gasteiger partial charge in [-0.3, -0.25) is 4.79 Å². The molecule has 1 aromatic carbocycles. The summed E-state index contributed by atoms with van der Waals surface area (Å²) < 4.78 is 25.5. The number of hydrogen-bond acceptors (Lipinski definition) is 3. The molecule has 0 aliphatic carbocycles. The Balaban J connectivity index is 2.64. The molecule has 98 valence electrons. The average molecular weight is 258 g/mol. The molecule has 0 heterocycles. The summed E-state index contributed by atoms with van der Waals surface area (Å²) in [7, 11) is 0. The van der Waals surface area contributed by atoms with Crippen molar-refractivity contribution in [2.45, 2.75) is 13.0 Å². The summed E-state index contributed by atoms with van der Waals surface area (Å²) in [5, 5.41) is 13.6. The molecule has 0 saturated carbocycles. The van der Waals surface area contributed by atoms with Gasteiger partial charge in [0.05, 0.1) is 0 Å². The molecular weight excluding hydrogens is 246 g/mol. The van der Waals surface area contributed by atoms with Crippen LogP contribution < -0.4 is 10.6 Å². The Labute approximate surface area is 102 Å². The van der Waals surface area contributed by atoms with E-state index in [0.717, 1.165) is 12.1 Å². The van der Waals surface area contributed by atoms with Crippen molar-refractivity contribution in [1.29, 1.82) is 0 Å². The highest BCUT2D eigenvalue weighted by Crippen LogP contribution is 2.12. The summed E-state index contributed by atoms with van der Waals surface area (Å²) in [5.41, 5.74) is 0.227. The highest BCUT2D eigenvalue weighted by molar-refractivity contribution is 5.82. The molecule has 0 saturated heterocycles. The lowest BCUT2D eigenvalue weighted by atomic mass is 10.2. The number of rotatable bonds is 5. The molecular formula is C11H12F2N2O3. The van der Waals surface area contributed by atoms with Crippen LogP contribution in [0.5, 0.6) is 0 Å². The molecule has 0 fully saturated rings. The maximum atomic E-state index is 12.9. The fourth-order valence-corrected chi connectivity index (χ4v) is 1.27. The lowest BCUT2D eigenvalue weighted by Gasteiger charge is -2.14. The molecule has 0 bridgehead atoms. The van der Waals surface area contributed by atoms with Crippen molar-refractivity contribution in [2.24, 2.45) is 0 Å². The third kappa shape index (κ3) is 4.00. The molecule has 1 atom stereocenters. The number of aliphatic carboxylic acids is 1. The summed E-state index contributed by atoms with van der Waals surface area (Å²) in [4.78, 5) is 21.5. The van der Waals surface area contributed by atoms with E-state index in [9.17, 15) is 18.4 Å². The van der Waals surface area contributed by atoms with Gasteiger partial charge in [0, 0.05) is 25.2 Å². The Morgan fingerprint density at radius 1 is 1.33 bits per heavy atom. The minimum absolute atomic E-state index is 0.139. The van der Waals surface area contributed by atoms with Crippen molar-refractivity contribution >= 4 is 17.6 Å². The van der Waals surface area contributed by atoms with Crippen molar-refractivity contribution in [3.63, 3.8) is 0 Å². The molecule has 7 heteroatoms. The van der Waals surface area contributed by atoms with E-state index in [4.69, 9.17) is 5.11 Å². The van der Waals surface area contributed by atoms with Crippen LogP contribution >= 0.6 is 0 Å². The third-order valence-electron chi connectivity index (χ3n) is 2.11. The zero-order chi connectivity index (χ0) is 13.7. The Morgan fingerprint density at radius 2 is 2.00 bits per heavy atom. The van der Waals surface area contributed by atoms with Gasteiger partial charge in [-0.1, -0.05) is 0 Å². The Kier molecular flexibility index (Phi) is 4.59. The molecule has 0 aliphatic heterocycles. The molecule has 0 aliphatic rings. The van der Waals surface area contributed by atoms with E-state index in [0.29, 0.717) is 0 Å². The van der Waals surface area contributed by atoms with E-state index in [2.05, 4.69) is 10.6 Å². The molecule has 1 rings (SSSR count). The van der Waals surface area contributed by atoms with Gasteiger partial charge in [0.25, 0.3) is 0 Å². The Morgan fingerprint density at radius 3 is 2.50 bits per heavy atom. The second-order valence-corrected chi connectivity index (χ2v) is 3.60. The highest BCUT2D eigenvalue weighted by Gasteiger charge is 2.17. The highest BCUT2D eigenvalue weighted by atomic mass is 19.2. The quantitative estimate of drug-likeness (QED) is 0.735. The molecule has 5 nitrogen and oxygen atoms in total. The maximum Gasteiger partial charge on any atom is 0.328 e. The van der Waals surface area contributed by atoms with Gasteiger partial charge in [-0.05, 0) is 12.1 Å². The first-order valence-corrected chi connectivity index (χ1v) is 5.09. The van der Waals surface area contributed by atoms with Gasteiger partial charge in [0.2, 0.25) is 5.91 Å². The van der Waals surface area contributed by atoms with E-state index in [1.165, 1.54) is 13.0 Å². The predicted molar refractivity (Wildman–Crippen MR) is 60.1 cm³/mol. The number of nitrogens with one attached hydrogen (secondary N) is 2. The van der Waals surface area contributed by atoms with Crippen LogP contribution in [0.15, 0.2) is 18.2 Å². The molecule has 1 unspecified atom stereocenters. The summed E-state index contributed by atoms with van der Waals surface area (Å²) in [6.07, 6.45) is 0. The SMILES string of the molecule is CC(=O)NC(CNc1ccc(F)c(F)c1)C(=O)O. The largest absolute Gasteiger partial charge is 0.480 e. The fourth-order valence-electron chi connectivity index (χ4n) is 1.27. The molecule has 1 aromatic rings. The monoisotopic (exact) mass is 258 g/mol. The Hall–Kier alpha value is -2.18. The fraction of sp³-hybridized carbons (Fsp3) is 0.273. The van der Waals surface area contributed by atoms with Gasteiger partial charge in [0.1, 0.15) is 6.04 Å². The molecule has 0 aromatic heterocycles. The van der Waals surface area contributed by atoms with Gasteiger partial charge < -0.3 is 15.7 Å². The van der Waals surface area contributed by atoms with Crippen LogP contribution in [0.3, 0.4) is 0 Å². The number of amides is 1. The van der Waals surface area contributed by atoms with E-state index in [1.54, 1.807) is 0 Å². The molecule has 0 radical (unpaired) electrons. The predicted octanol–water partition coefficient (Wildman–Crippen LogP) is 0.966. The maximum absolute atomic E-state index is 12.9. The third-order valence-corrected chi connectivity index (χ3v) is 2.11. The first kappa shape index (κ1) is 13.9. The van der Waals surface area contributed by atoms with Crippen LogP contribution in [0.2, 0.25) is 0 Å². The van der Waals surface area contributed by atoms with Crippen LogP contribution in [0.25, 0.3) is 0 Å². The summed E-state index contributed by atoms with van der Waals surface area (Å²) in [5.74, 6) is -3.74. The molecule has 18 heavy (non-hydrogen) atoms. The first-order chi connectivity index (χ1) is 8.40. The van der Waals surface area contributed by atoms with Gasteiger partial charge >= 0.3 is 5.97 Å². The van der Waals surface area contributed by atoms with Crippen LogP contribution in [-0.2, 0) is 9.59 Å². The second kappa shape index (κ2) is 5.95. The normalized spacial score (nSPS) is 11.7. The topological polar surface area (TPSA) is 78.4 Å².